The zero-order valence-corrected chi connectivity index (χ0v) is 10.3. The van der Waals surface area contributed by atoms with E-state index in [1.807, 2.05) is 17.8 Å². The fraction of sp³-hybridized carbons (Fsp3) is 0.385. The van der Waals surface area contributed by atoms with Crippen LogP contribution in [0.25, 0.3) is 0 Å². The Balaban J connectivity index is 2.52. The second kappa shape index (κ2) is 6.70. The van der Waals surface area contributed by atoms with Crippen LogP contribution >= 0.6 is 11.8 Å². The molecule has 0 aliphatic heterocycles. The second-order valence-electron chi connectivity index (χ2n) is 3.48. The molecule has 0 fully saturated rings. The first-order valence-corrected chi connectivity index (χ1v) is 6.23. The Morgan fingerprint density at radius 2 is 2.07 bits per heavy atom. The van der Waals surface area contributed by atoms with Crippen molar-refractivity contribution >= 4 is 11.8 Å². The molecule has 0 bridgehead atoms. The fourth-order valence-corrected chi connectivity index (χ4v) is 2.04. The van der Waals surface area contributed by atoms with Crippen molar-refractivity contribution in [3.8, 4) is 0 Å². The molecule has 15 heavy (non-hydrogen) atoms. The van der Waals surface area contributed by atoms with Crippen LogP contribution in [0.4, 0.5) is 0 Å². The molecule has 0 amide bonds. The van der Waals surface area contributed by atoms with Gasteiger partial charge in [-0.05, 0) is 31.2 Å². The van der Waals surface area contributed by atoms with E-state index in [-0.39, 0.29) is 0 Å². The van der Waals surface area contributed by atoms with Crippen LogP contribution in [0, 0.1) is 0 Å². The normalized spacial score (nSPS) is 12.4. The third-order valence-corrected chi connectivity index (χ3v) is 3.26. The minimum Gasteiger partial charge on any atom is -0.313 e. The van der Waals surface area contributed by atoms with Gasteiger partial charge in [-0.15, -0.1) is 18.3 Å². The Morgan fingerprint density at radius 3 is 2.60 bits per heavy atom. The number of nitrogens with one attached hydrogen (secondary N) is 1. The van der Waals surface area contributed by atoms with Crippen molar-refractivity contribution in [2.45, 2.75) is 30.5 Å². The molecular formula is C13H19NS. The van der Waals surface area contributed by atoms with E-state index in [4.69, 9.17) is 0 Å². The molecular weight excluding hydrogens is 202 g/mol. The van der Waals surface area contributed by atoms with Crippen LogP contribution in [0.3, 0.4) is 0 Å². The molecule has 0 aliphatic carbocycles. The Kier molecular flexibility index (Phi) is 5.51. The topological polar surface area (TPSA) is 12.0 Å². The van der Waals surface area contributed by atoms with Crippen molar-refractivity contribution < 1.29 is 0 Å². The van der Waals surface area contributed by atoms with Crippen LogP contribution in [-0.4, -0.2) is 11.8 Å². The van der Waals surface area contributed by atoms with Gasteiger partial charge < -0.3 is 5.32 Å². The molecule has 1 rings (SSSR count). The van der Waals surface area contributed by atoms with E-state index in [1.165, 1.54) is 10.5 Å². The Labute approximate surface area is 97.0 Å². The van der Waals surface area contributed by atoms with Crippen molar-refractivity contribution in [2.75, 3.05) is 6.54 Å². The van der Waals surface area contributed by atoms with E-state index >= 15 is 0 Å². The van der Waals surface area contributed by atoms with E-state index in [1.54, 1.807) is 0 Å². The summed E-state index contributed by atoms with van der Waals surface area (Å²) < 4.78 is 0. The van der Waals surface area contributed by atoms with Crippen molar-refractivity contribution in [1.29, 1.82) is 0 Å². The molecule has 1 aromatic carbocycles. The summed E-state index contributed by atoms with van der Waals surface area (Å²) >= 11 is 1.84. The number of hydrogen-bond acceptors (Lipinski definition) is 2. The SMILES string of the molecule is C=CC(C)Sc1ccc(CNCC)cc1. The highest BCUT2D eigenvalue weighted by Gasteiger charge is 1.99. The van der Waals surface area contributed by atoms with Crippen molar-refractivity contribution in [3.63, 3.8) is 0 Å². The van der Waals surface area contributed by atoms with Gasteiger partial charge in [-0.1, -0.05) is 25.1 Å². The monoisotopic (exact) mass is 221 g/mol. The van der Waals surface area contributed by atoms with E-state index in [0.717, 1.165) is 13.1 Å². The summed E-state index contributed by atoms with van der Waals surface area (Å²) in [6, 6.07) is 8.72. The first-order chi connectivity index (χ1) is 7.26. The van der Waals surface area contributed by atoms with Gasteiger partial charge in [0.05, 0.1) is 0 Å². The van der Waals surface area contributed by atoms with Gasteiger partial charge in [0.1, 0.15) is 0 Å². The molecule has 1 unspecified atom stereocenters. The Bertz CT molecular complexity index is 292. The maximum absolute atomic E-state index is 3.78. The minimum absolute atomic E-state index is 0.476. The summed E-state index contributed by atoms with van der Waals surface area (Å²) in [4.78, 5) is 1.31. The minimum atomic E-state index is 0.476. The summed E-state index contributed by atoms with van der Waals surface area (Å²) in [6.07, 6.45) is 1.97. The predicted octanol–water partition coefficient (Wildman–Crippen LogP) is 3.46. The summed E-state index contributed by atoms with van der Waals surface area (Å²) in [5, 5.41) is 3.79. The van der Waals surface area contributed by atoms with Crippen molar-refractivity contribution in [1.82, 2.24) is 5.32 Å². The van der Waals surface area contributed by atoms with Crippen molar-refractivity contribution in [3.05, 3.63) is 42.5 Å². The lowest BCUT2D eigenvalue weighted by molar-refractivity contribution is 0.726. The third-order valence-electron chi connectivity index (χ3n) is 2.16. The summed E-state index contributed by atoms with van der Waals surface area (Å²) in [5.41, 5.74) is 1.34. The number of thioether (sulfide) groups is 1. The molecule has 0 aromatic heterocycles. The number of hydrogen-bond donors (Lipinski definition) is 1. The van der Waals surface area contributed by atoms with Crippen LogP contribution < -0.4 is 5.32 Å². The predicted molar refractivity (Wildman–Crippen MR) is 69.3 cm³/mol. The Morgan fingerprint density at radius 1 is 1.40 bits per heavy atom. The quantitative estimate of drug-likeness (QED) is 0.583. The molecule has 0 heterocycles. The van der Waals surface area contributed by atoms with Crippen molar-refractivity contribution in [2.24, 2.45) is 0 Å². The van der Waals surface area contributed by atoms with Gasteiger partial charge in [-0.3, -0.25) is 0 Å². The molecule has 0 aliphatic rings. The molecule has 1 atom stereocenters. The number of rotatable bonds is 6. The van der Waals surface area contributed by atoms with E-state index in [0.29, 0.717) is 5.25 Å². The molecule has 1 nitrogen and oxygen atoms in total. The van der Waals surface area contributed by atoms with E-state index in [2.05, 4.69) is 50.0 Å². The molecule has 0 saturated carbocycles. The Hall–Kier alpha value is -0.730. The molecule has 0 spiro atoms. The van der Waals surface area contributed by atoms with E-state index < -0.39 is 0 Å². The van der Waals surface area contributed by atoms with Crippen LogP contribution in [0.2, 0.25) is 0 Å². The molecule has 0 saturated heterocycles. The summed E-state index contributed by atoms with van der Waals surface area (Å²) in [5.74, 6) is 0. The maximum Gasteiger partial charge on any atom is 0.0243 e. The lowest BCUT2D eigenvalue weighted by atomic mass is 10.2. The first-order valence-electron chi connectivity index (χ1n) is 5.35. The van der Waals surface area contributed by atoms with Gasteiger partial charge in [0.2, 0.25) is 0 Å². The lowest BCUT2D eigenvalue weighted by Gasteiger charge is -2.07. The zero-order chi connectivity index (χ0) is 11.1. The maximum atomic E-state index is 3.78. The second-order valence-corrected chi connectivity index (χ2v) is 4.93. The molecule has 1 aromatic rings. The van der Waals surface area contributed by atoms with E-state index in [9.17, 15) is 0 Å². The van der Waals surface area contributed by atoms with Crippen LogP contribution in [0.1, 0.15) is 19.4 Å². The fourth-order valence-electron chi connectivity index (χ4n) is 1.22. The molecule has 1 N–H and O–H groups in total. The highest BCUT2D eigenvalue weighted by molar-refractivity contribution is 8.00. The smallest absolute Gasteiger partial charge is 0.0243 e. The largest absolute Gasteiger partial charge is 0.313 e. The highest BCUT2D eigenvalue weighted by atomic mass is 32.2. The van der Waals surface area contributed by atoms with Crippen LogP contribution in [-0.2, 0) is 6.54 Å². The summed E-state index contributed by atoms with van der Waals surface area (Å²) in [7, 11) is 0. The summed E-state index contributed by atoms with van der Waals surface area (Å²) in [6.45, 7) is 10.0. The molecule has 2 heteroatoms. The standard InChI is InChI=1S/C13H19NS/c1-4-11(3)15-13-8-6-12(7-9-13)10-14-5-2/h4,6-9,11,14H,1,5,10H2,2-3H3. The first kappa shape index (κ1) is 12.3. The van der Waals surface area contributed by atoms with Gasteiger partial charge in [0.25, 0.3) is 0 Å². The number of benzene rings is 1. The van der Waals surface area contributed by atoms with Crippen LogP contribution in [0.15, 0.2) is 41.8 Å². The van der Waals surface area contributed by atoms with Gasteiger partial charge in [0, 0.05) is 16.7 Å². The van der Waals surface area contributed by atoms with Crippen LogP contribution in [0.5, 0.6) is 0 Å². The highest BCUT2D eigenvalue weighted by Crippen LogP contribution is 2.23. The lowest BCUT2D eigenvalue weighted by Crippen LogP contribution is -2.11. The van der Waals surface area contributed by atoms with Gasteiger partial charge in [-0.2, -0.15) is 0 Å². The molecule has 82 valence electrons. The van der Waals surface area contributed by atoms with Gasteiger partial charge in [0.15, 0.2) is 0 Å². The van der Waals surface area contributed by atoms with Gasteiger partial charge >= 0.3 is 0 Å². The average molecular weight is 221 g/mol. The zero-order valence-electron chi connectivity index (χ0n) is 9.49. The molecule has 0 radical (unpaired) electrons. The average Bonchev–Trinajstić information content (AvgIpc) is 2.28. The van der Waals surface area contributed by atoms with Gasteiger partial charge in [-0.25, -0.2) is 0 Å². The third kappa shape index (κ3) is 4.54.